The van der Waals surface area contributed by atoms with Crippen molar-refractivity contribution in [3.63, 3.8) is 0 Å². The SMILES string of the molecule is CCCCCN1CC[C@@H](c2ccccc2)[C@H](COc2cccc(Oc3ccccc3)c2)C1. The first-order valence-electron chi connectivity index (χ1n) is 12.0. The van der Waals surface area contributed by atoms with Crippen molar-refractivity contribution in [2.45, 2.75) is 38.5 Å². The van der Waals surface area contributed by atoms with E-state index >= 15 is 0 Å². The number of likely N-dealkylation sites (tertiary alicyclic amines) is 1. The first kappa shape index (κ1) is 22.4. The molecule has 0 N–H and O–H groups in total. The van der Waals surface area contributed by atoms with Crippen LogP contribution in [0.2, 0.25) is 0 Å². The van der Waals surface area contributed by atoms with Crippen LogP contribution in [0.15, 0.2) is 84.9 Å². The van der Waals surface area contributed by atoms with Gasteiger partial charge in [-0.25, -0.2) is 0 Å². The number of unbranched alkanes of at least 4 members (excludes halogenated alkanes) is 2. The van der Waals surface area contributed by atoms with Gasteiger partial charge >= 0.3 is 0 Å². The van der Waals surface area contributed by atoms with Crippen molar-refractivity contribution in [1.29, 1.82) is 0 Å². The Balaban J connectivity index is 1.41. The van der Waals surface area contributed by atoms with Crippen molar-refractivity contribution < 1.29 is 9.47 Å². The highest BCUT2D eigenvalue weighted by Crippen LogP contribution is 2.34. The van der Waals surface area contributed by atoms with Crippen LogP contribution in [-0.4, -0.2) is 31.1 Å². The van der Waals surface area contributed by atoms with Gasteiger partial charge in [-0.2, -0.15) is 0 Å². The molecule has 1 aliphatic heterocycles. The Bertz CT molecular complexity index is 928. The maximum Gasteiger partial charge on any atom is 0.131 e. The number of para-hydroxylation sites is 1. The Hall–Kier alpha value is -2.78. The predicted octanol–water partition coefficient (Wildman–Crippen LogP) is 7.15. The molecule has 0 unspecified atom stereocenters. The lowest BCUT2D eigenvalue weighted by molar-refractivity contribution is 0.109. The Morgan fingerprint density at radius 2 is 1.53 bits per heavy atom. The fourth-order valence-electron chi connectivity index (χ4n) is 4.66. The molecular formula is C29H35NO2. The lowest BCUT2D eigenvalue weighted by Gasteiger charge is -2.39. The van der Waals surface area contributed by atoms with Crippen LogP contribution in [0.4, 0.5) is 0 Å². The Labute approximate surface area is 193 Å². The first-order valence-corrected chi connectivity index (χ1v) is 12.0. The van der Waals surface area contributed by atoms with Crippen LogP contribution in [0, 0.1) is 5.92 Å². The van der Waals surface area contributed by atoms with Gasteiger partial charge in [0.25, 0.3) is 0 Å². The molecule has 32 heavy (non-hydrogen) atoms. The molecule has 168 valence electrons. The van der Waals surface area contributed by atoms with E-state index in [-0.39, 0.29) is 0 Å². The maximum absolute atomic E-state index is 6.34. The fourth-order valence-corrected chi connectivity index (χ4v) is 4.66. The van der Waals surface area contributed by atoms with Gasteiger partial charge in [0, 0.05) is 18.5 Å². The van der Waals surface area contributed by atoms with Crippen LogP contribution < -0.4 is 9.47 Å². The molecule has 0 aromatic heterocycles. The van der Waals surface area contributed by atoms with Gasteiger partial charge < -0.3 is 14.4 Å². The number of hydrogen-bond donors (Lipinski definition) is 0. The summed E-state index contributed by atoms with van der Waals surface area (Å²) in [4.78, 5) is 2.64. The summed E-state index contributed by atoms with van der Waals surface area (Å²) in [5.74, 6) is 3.53. The van der Waals surface area contributed by atoms with Crippen LogP contribution in [-0.2, 0) is 0 Å². The van der Waals surface area contributed by atoms with Gasteiger partial charge in [0.2, 0.25) is 0 Å². The lowest BCUT2D eigenvalue weighted by Crippen LogP contribution is -2.42. The number of rotatable bonds is 10. The molecule has 0 aliphatic carbocycles. The van der Waals surface area contributed by atoms with Crippen molar-refractivity contribution in [2.24, 2.45) is 5.92 Å². The molecular weight excluding hydrogens is 394 g/mol. The molecule has 0 spiro atoms. The van der Waals surface area contributed by atoms with E-state index in [1.165, 1.54) is 44.3 Å². The van der Waals surface area contributed by atoms with Gasteiger partial charge in [-0.05, 0) is 61.7 Å². The highest BCUT2D eigenvalue weighted by atomic mass is 16.5. The van der Waals surface area contributed by atoms with E-state index in [1.807, 2.05) is 54.6 Å². The van der Waals surface area contributed by atoms with E-state index in [2.05, 4.69) is 42.2 Å². The molecule has 1 saturated heterocycles. The summed E-state index contributed by atoms with van der Waals surface area (Å²) in [7, 11) is 0. The summed E-state index contributed by atoms with van der Waals surface area (Å²) in [5.41, 5.74) is 1.44. The van der Waals surface area contributed by atoms with E-state index in [4.69, 9.17) is 9.47 Å². The van der Waals surface area contributed by atoms with E-state index in [1.54, 1.807) is 0 Å². The molecule has 0 bridgehead atoms. The fraction of sp³-hybridized carbons (Fsp3) is 0.379. The number of ether oxygens (including phenoxy) is 2. The molecule has 0 amide bonds. The average molecular weight is 430 g/mol. The van der Waals surface area contributed by atoms with Crippen molar-refractivity contribution in [3.05, 3.63) is 90.5 Å². The number of nitrogens with zero attached hydrogens (tertiary/aromatic N) is 1. The molecule has 1 fully saturated rings. The minimum Gasteiger partial charge on any atom is -0.493 e. The largest absolute Gasteiger partial charge is 0.493 e. The van der Waals surface area contributed by atoms with E-state index < -0.39 is 0 Å². The van der Waals surface area contributed by atoms with Gasteiger partial charge in [0.05, 0.1) is 6.61 Å². The topological polar surface area (TPSA) is 21.7 Å². The summed E-state index contributed by atoms with van der Waals surface area (Å²) >= 11 is 0. The second-order valence-corrected chi connectivity index (χ2v) is 8.77. The quantitative estimate of drug-likeness (QED) is 0.319. The van der Waals surface area contributed by atoms with Crippen LogP contribution in [0.1, 0.15) is 44.1 Å². The summed E-state index contributed by atoms with van der Waals surface area (Å²) in [6.45, 7) is 6.47. The summed E-state index contributed by atoms with van der Waals surface area (Å²) < 4.78 is 12.3. The average Bonchev–Trinajstić information content (AvgIpc) is 2.84. The van der Waals surface area contributed by atoms with Gasteiger partial charge in [-0.15, -0.1) is 0 Å². The third-order valence-electron chi connectivity index (χ3n) is 6.37. The van der Waals surface area contributed by atoms with E-state index in [0.717, 1.165) is 30.4 Å². The van der Waals surface area contributed by atoms with Crippen LogP contribution >= 0.6 is 0 Å². The number of hydrogen-bond acceptors (Lipinski definition) is 3. The molecule has 1 heterocycles. The molecule has 1 aliphatic rings. The maximum atomic E-state index is 6.34. The second kappa shape index (κ2) is 11.7. The molecule has 2 atom stereocenters. The number of piperidine rings is 1. The van der Waals surface area contributed by atoms with Crippen LogP contribution in [0.3, 0.4) is 0 Å². The van der Waals surface area contributed by atoms with Crippen molar-refractivity contribution in [3.8, 4) is 17.2 Å². The summed E-state index contributed by atoms with van der Waals surface area (Å²) in [6, 6.07) is 28.8. The monoisotopic (exact) mass is 429 g/mol. The van der Waals surface area contributed by atoms with Gasteiger partial charge in [-0.1, -0.05) is 74.4 Å². The molecule has 3 aromatic rings. The Morgan fingerprint density at radius 1 is 0.812 bits per heavy atom. The van der Waals surface area contributed by atoms with Gasteiger partial charge in [0.1, 0.15) is 17.2 Å². The Kier molecular flexibility index (Phi) is 8.22. The van der Waals surface area contributed by atoms with Crippen molar-refractivity contribution in [2.75, 3.05) is 26.2 Å². The zero-order valence-electron chi connectivity index (χ0n) is 19.2. The molecule has 4 rings (SSSR count). The molecule has 3 heteroatoms. The lowest BCUT2D eigenvalue weighted by atomic mass is 9.81. The molecule has 0 saturated carbocycles. The first-order chi connectivity index (χ1) is 15.8. The highest BCUT2D eigenvalue weighted by molar-refractivity contribution is 5.36. The third-order valence-corrected chi connectivity index (χ3v) is 6.37. The van der Waals surface area contributed by atoms with Gasteiger partial charge in [-0.3, -0.25) is 0 Å². The van der Waals surface area contributed by atoms with Crippen LogP contribution in [0.25, 0.3) is 0 Å². The zero-order valence-corrected chi connectivity index (χ0v) is 19.2. The zero-order chi connectivity index (χ0) is 22.0. The standard InChI is InChI=1S/C29H35NO2/c1-2-3-10-19-30-20-18-29(24-12-6-4-7-13-24)25(22-30)23-31-27-16-11-17-28(21-27)32-26-14-8-5-9-15-26/h4-9,11-17,21,25,29H,2-3,10,18-20,22-23H2,1H3/t25-,29-/m0/s1. The number of benzene rings is 3. The summed E-state index contributed by atoms with van der Waals surface area (Å²) in [6.07, 6.45) is 5.07. The van der Waals surface area contributed by atoms with Crippen LogP contribution in [0.5, 0.6) is 17.2 Å². The van der Waals surface area contributed by atoms with Crippen molar-refractivity contribution in [1.82, 2.24) is 4.90 Å². The van der Waals surface area contributed by atoms with E-state index in [0.29, 0.717) is 11.8 Å². The highest BCUT2D eigenvalue weighted by Gasteiger charge is 2.30. The minimum atomic E-state index is 0.478. The Morgan fingerprint density at radius 3 is 2.31 bits per heavy atom. The molecule has 3 nitrogen and oxygen atoms in total. The summed E-state index contributed by atoms with van der Waals surface area (Å²) in [5, 5.41) is 0. The molecule has 0 radical (unpaired) electrons. The third kappa shape index (κ3) is 6.37. The second-order valence-electron chi connectivity index (χ2n) is 8.77. The normalized spacial score (nSPS) is 18.9. The minimum absolute atomic E-state index is 0.478. The van der Waals surface area contributed by atoms with Gasteiger partial charge in [0.15, 0.2) is 0 Å². The van der Waals surface area contributed by atoms with E-state index in [9.17, 15) is 0 Å². The smallest absolute Gasteiger partial charge is 0.131 e. The van der Waals surface area contributed by atoms with Crippen molar-refractivity contribution >= 4 is 0 Å². The molecule has 3 aromatic carbocycles. The predicted molar refractivity (Wildman–Crippen MR) is 132 cm³/mol.